The van der Waals surface area contributed by atoms with Gasteiger partial charge < -0.3 is 5.11 Å². The lowest BCUT2D eigenvalue weighted by atomic mass is 9.90. The van der Waals surface area contributed by atoms with Gasteiger partial charge in [0.15, 0.2) is 5.78 Å². The molecule has 1 aliphatic heterocycles. The second kappa shape index (κ2) is 4.62. The molecule has 1 atom stereocenters. The Kier molecular flexibility index (Phi) is 3.01. The largest absolute Gasteiger partial charge is 0.508 e. The van der Waals surface area contributed by atoms with Crippen LogP contribution in [0.3, 0.4) is 0 Å². The van der Waals surface area contributed by atoms with Crippen LogP contribution in [0.25, 0.3) is 0 Å². The smallest absolute Gasteiger partial charge is 0.167 e. The van der Waals surface area contributed by atoms with E-state index in [9.17, 15) is 4.79 Å². The molecular formula is C13H10N2O2. The number of carbonyl (C=O) groups excluding carboxylic acids is 1. The Bertz CT molecular complexity index is 536. The van der Waals surface area contributed by atoms with Gasteiger partial charge in [-0.1, -0.05) is 12.1 Å². The molecule has 1 aromatic carbocycles. The highest BCUT2D eigenvalue weighted by molar-refractivity contribution is 6.17. The van der Waals surface area contributed by atoms with E-state index in [0.717, 1.165) is 5.56 Å². The summed E-state index contributed by atoms with van der Waals surface area (Å²) in [6.45, 7) is 0. The first-order valence-electron chi connectivity index (χ1n) is 5.17. The van der Waals surface area contributed by atoms with Crippen molar-refractivity contribution >= 4 is 11.5 Å². The van der Waals surface area contributed by atoms with Gasteiger partial charge in [-0.25, -0.2) is 4.99 Å². The average Bonchev–Trinajstić information content (AvgIpc) is 2.34. The molecular weight excluding hydrogens is 216 g/mol. The fourth-order valence-corrected chi connectivity index (χ4v) is 1.70. The Balaban J connectivity index is 2.21. The molecule has 4 heteroatoms. The van der Waals surface area contributed by atoms with Crippen LogP contribution in [0.1, 0.15) is 5.56 Å². The molecule has 0 bridgehead atoms. The van der Waals surface area contributed by atoms with Crippen LogP contribution in [-0.4, -0.2) is 16.6 Å². The van der Waals surface area contributed by atoms with Crippen LogP contribution in [-0.2, 0) is 11.2 Å². The van der Waals surface area contributed by atoms with Crippen LogP contribution in [0.15, 0.2) is 41.5 Å². The zero-order valence-electron chi connectivity index (χ0n) is 9.00. The van der Waals surface area contributed by atoms with Gasteiger partial charge in [0.2, 0.25) is 0 Å². The number of nitrogens with zero attached hydrogens (tertiary/aromatic N) is 2. The Morgan fingerprint density at radius 1 is 1.35 bits per heavy atom. The van der Waals surface area contributed by atoms with Crippen LogP contribution in [0.2, 0.25) is 0 Å². The molecule has 1 aromatic rings. The van der Waals surface area contributed by atoms with E-state index in [0.29, 0.717) is 6.42 Å². The number of phenolic OH excluding ortho intramolecular Hbond substituents is 1. The maximum atomic E-state index is 11.7. The molecule has 17 heavy (non-hydrogen) atoms. The van der Waals surface area contributed by atoms with Crippen molar-refractivity contribution in [2.24, 2.45) is 10.9 Å². The van der Waals surface area contributed by atoms with Gasteiger partial charge >= 0.3 is 0 Å². The molecule has 0 fully saturated rings. The molecule has 2 rings (SSSR count). The maximum Gasteiger partial charge on any atom is 0.167 e. The van der Waals surface area contributed by atoms with Gasteiger partial charge in [-0.05, 0) is 24.1 Å². The van der Waals surface area contributed by atoms with E-state index in [1.165, 1.54) is 12.3 Å². The van der Waals surface area contributed by atoms with Crippen LogP contribution >= 0.6 is 0 Å². The molecule has 0 radical (unpaired) electrons. The van der Waals surface area contributed by atoms with Gasteiger partial charge in [-0.3, -0.25) is 4.79 Å². The van der Waals surface area contributed by atoms with Crippen molar-refractivity contribution in [3.05, 3.63) is 42.1 Å². The summed E-state index contributed by atoms with van der Waals surface area (Å²) in [6, 6.07) is 8.52. The number of aromatic hydroxyl groups is 1. The van der Waals surface area contributed by atoms with E-state index in [-0.39, 0.29) is 17.2 Å². The second-order valence-electron chi connectivity index (χ2n) is 3.77. The summed E-state index contributed by atoms with van der Waals surface area (Å²) in [5.41, 5.74) is 1.13. The normalized spacial score (nSPS) is 18.6. The van der Waals surface area contributed by atoms with Crippen molar-refractivity contribution < 1.29 is 9.90 Å². The van der Waals surface area contributed by atoms with Crippen LogP contribution in [0.4, 0.5) is 0 Å². The third kappa shape index (κ3) is 2.40. The van der Waals surface area contributed by atoms with E-state index in [1.54, 1.807) is 24.3 Å². The standard InChI is InChI=1S/C13H10N2O2/c14-8-12-11(13(17)5-6-15-12)7-9-1-3-10(16)4-2-9/h1-6,11,16H,7H2. The number of carbonyl (C=O) groups is 1. The minimum atomic E-state index is -0.505. The van der Waals surface area contributed by atoms with E-state index >= 15 is 0 Å². The maximum absolute atomic E-state index is 11.7. The number of hydrogen-bond donors (Lipinski definition) is 1. The van der Waals surface area contributed by atoms with Gasteiger partial charge in [0.05, 0.1) is 5.92 Å². The second-order valence-corrected chi connectivity index (χ2v) is 3.77. The molecule has 0 saturated carbocycles. The summed E-state index contributed by atoms with van der Waals surface area (Å²) in [5.74, 6) is -0.433. The minimum absolute atomic E-state index is 0.107. The predicted octanol–water partition coefficient (Wildman–Crippen LogP) is 1.61. The summed E-state index contributed by atoms with van der Waals surface area (Å²) in [4.78, 5) is 15.6. The summed E-state index contributed by atoms with van der Waals surface area (Å²) in [6.07, 6.45) is 3.16. The van der Waals surface area contributed by atoms with Crippen molar-refractivity contribution in [3.63, 3.8) is 0 Å². The van der Waals surface area contributed by atoms with Crippen molar-refractivity contribution in [3.8, 4) is 11.8 Å². The lowest BCUT2D eigenvalue weighted by molar-refractivity contribution is -0.116. The third-order valence-corrected chi connectivity index (χ3v) is 2.62. The summed E-state index contributed by atoms with van der Waals surface area (Å²) in [5, 5.41) is 18.1. The number of rotatable bonds is 2. The lowest BCUT2D eigenvalue weighted by Crippen LogP contribution is -2.25. The van der Waals surface area contributed by atoms with Crippen molar-refractivity contribution in [1.29, 1.82) is 5.26 Å². The SMILES string of the molecule is N#CC1=NC=CC(=O)C1Cc1ccc(O)cc1. The van der Waals surface area contributed by atoms with Crippen molar-refractivity contribution in [2.75, 3.05) is 0 Å². The van der Waals surface area contributed by atoms with Gasteiger partial charge in [-0.15, -0.1) is 0 Å². The third-order valence-electron chi connectivity index (χ3n) is 2.62. The first-order valence-corrected chi connectivity index (χ1v) is 5.17. The van der Waals surface area contributed by atoms with Crippen molar-refractivity contribution in [1.82, 2.24) is 0 Å². The van der Waals surface area contributed by atoms with Gasteiger partial charge in [0, 0.05) is 12.3 Å². The number of hydrogen-bond acceptors (Lipinski definition) is 4. The fourth-order valence-electron chi connectivity index (χ4n) is 1.70. The number of aliphatic imine (C=N–C) groups is 1. The quantitative estimate of drug-likeness (QED) is 0.832. The van der Waals surface area contributed by atoms with Crippen LogP contribution in [0, 0.1) is 17.2 Å². The van der Waals surface area contributed by atoms with E-state index in [4.69, 9.17) is 10.4 Å². The molecule has 0 saturated heterocycles. The van der Waals surface area contributed by atoms with E-state index in [1.807, 2.05) is 6.07 Å². The van der Waals surface area contributed by atoms with E-state index in [2.05, 4.69) is 4.99 Å². The highest BCUT2D eigenvalue weighted by Gasteiger charge is 2.24. The van der Waals surface area contributed by atoms with Crippen molar-refractivity contribution in [2.45, 2.75) is 6.42 Å². The number of nitriles is 1. The number of allylic oxidation sites excluding steroid dienone is 1. The topological polar surface area (TPSA) is 73.5 Å². The first kappa shape index (κ1) is 11.1. The monoisotopic (exact) mass is 226 g/mol. The Hall–Kier alpha value is -2.41. The first-order chi connectivity index (χ1) is 8.20. The number of ketones is 1. The number of benzene rings is 1. The molecule has 0 aliphatic carbocycles. The molecule has 0 amide bonds. The molecule has 1 aliphatic rings. The summed E-state index contributed by atoms with van der Waals surface area (Å²) in [7, 11) is 0. The summed E-state index contributed by atoms with van der Waals surface area (Å²) < 4.78 is 0. The van der Waals surface area contributed by atoms with Gasteiger partial charge in [0.25, 0.3) is 0 Å². The molecule has 1 N–H and O–H groups in total. The molecule has 0 spiro atoms. The fraction of sp³-hybridized carbons (Fsp3) is 0.154. The highest BCUT2D eigenvalue weighted by atomic mass is 16.3. The average molecular weight is 226 g/mol. The highest BCUT2D eigenvalue weighted by Crippen LogP contribution is 2.17. The Labute approximate surface area is 98.5 Å². The van der Waals surface area contributed by atoms with Crippen LogP contribution < -0.4 is 0 Å². The minimum Gasteiger partial charge on any atom is -0.508 e. The van der Waals surface area contributed by atoms with Gasteiger partial charge in [-0.2, -0.15) is 5.26 Å². The van der Waals surface area contributed by atoms with Crippen LogP contribution in [0.5, 0.6) is 5.75 Å². The zero-order chi connectivity index (χ0) is 12.3. The molecule has 0 aromatic heterocycles. The predicted molar refractivity (Wildman–Crippen MR) is 62.5 cm³/mol. The number of phenols is 1. The molecule has 1 heterocycles. The Morgan fingerprint density at radius 2 is 2.06 bits per heavy atom. The van der Waals surface area contributed by atoms with Gasteiger partial charge in [0.1, 0.15) is 17.5 Å². The summed E-state index contributed by atoms with van der Waals surface area (Å²) >= 11 is 0. The molecule has 84 valence electrons. The zero-order valence-corrected chi connectivity index (χ0v) is 9.00. The lowest BCUT2D eigenvalue weighted by Gasteiger charge is -2.14. The Morgan fingerprint density at radius 3 is 2.71 bits per heavy atom. The molecule has 1 unspecified atom stereocenters. The van der Waals surface area contributed by atoms with E-state index < -0.39 is 5.92 Å². The molecule has 4 nitrogen and oxygen atoms in total.